The Balaban J connectivity index is 1.05. The lowest BCUT2D eigenvalue weighted by molar-refractivity contribution is -0.335. The molecule has 5 fully saturated rings. The van der Waals surface area contributed by atoms with Crippen LogP contribution < -0.4 is 21.4 Å². The average molecular weight is 483 g/mol. The van der Waals surface area contributed by atoms with E-state index in [9.17, 15) is 9.59 Å². The van der Waals surface area contributed by atoms with E-state index >= 15 is 0 Å². The third-order valence-electron chi connectivity index (χ3n) is 7.80. The van der Waals surface area contributed by atoms with Crippen LogP contribution in [0.4, 0.5) is 0 Å². The van der Waals surface area contributed by atoms with Gasteiger partial charge in [-0.1, -0.05) is 0 Å². The summed E-state index contributed by atoms with van der Waals surface area (Å²) in [6, 6.07) is 0.465. The predicted octanol–water partition coefficient (Wildman–Crippen LogP) is 0.739. The zero-order valence-electron chi connectivity index (χ0n) is 19.7. The van der Waals surface area contributed by atoms with Gasteiger partial charge in [-0.15, -0.1) is 0 Å². The Morgan fingerprint density at radius 3 is 1.97 bits per heavy atom. The van der Waals surface area contributed by atoms with E-state index in [0.717, 1.165) is 57.8 Å². The Hall–Kier alpha value is -1.34. The Labute approximate surface area is 200 Å². The number of carbonyl (C=O) groups excluding carboxylic acids is 2. The zero-order valence-corrected chi connectivity index (χ0v) is 19.7. The van der Waals surface area contributed by atoms with Crippen molar-refractivity contribution in [2.45, 2.75) is 113 Å². The van der Waals surface area contributed by atoms with Crippen LogP contribution in [-0.2, 0) is 34.0 Å². The fourth-order valence-corrected chi connectivity index (χ4v) is 5.79. The third kappa shape index (κ3) is 6.07. The van der Waals surface area contributed by atoms with Crippen LogP contribution in [0.1, 0.15) is 70.6 Å². The Morgan fingerprint density at radius 1 is 0.735 bits per heavy atom. The minimum Gasteiger partial charge on any atom is -0.351 e. The van der Waals surface area contributed by atoms with Gasteiger partial charge in [0.25, 0.3) is 11.8 Å². The third-order valence-corrected chi connectivity index (χ3v) is 7.80. The van der Waals surface area contributed by atoms with Crippen LogP contribution in [-0.4, -0.2) is 67.6 Å². The van der Waals surface area contributed by atoms with E-state index in [0.29, 0.717) is 32.0 Å². The van der Waals surface area contributed by atoms with Crippen molar-refractivity contribution in [2.75, 3.05) is 13.2 Å². The van der Waals surface area contributed by atoms with Crippen LogP contribution in [0.5, 0.6) is 0 Å². The molecule has 3 heterocycles. The molecule has 192 valence electrons. The van der Waals surface area contributed by atoms with Gasteiger partial charge in [-0.3, -0.25) is 19.7 Å². The molecule has 5 rings (SSSR count). The van der Waals surface area contributed by atoms with Gasteiger partial charge in [-0.25, -0.2) is 19.6 Å². The SMILES string of the molecule is O=C(NC1CCC(C2NOC3CCC(NC(=O)C4CCCOO4)CC3N2)CC1)C1CCCOO1. The smallest absolute Gasteiger partial charge is 0.252 e. The van der Waals surface area contributed by atoms with E-state index in [2.05, 4.69) is 21.4 Å². The molecule has 5 aliphatic rings. The van der Waals surface area contributed by atoms with Crippen LogP contribution in [0.3, 0.4) is 0 Å². The number of hydrogen-bond donors (Lipinski definition) is 4. The summed E-state index contributed by atoms with van der Waals surface area (Å²) in [6.45, 7) is 1.10. The van der Waals surface area contributed by atoms with Crippen LogP contribution >= 0.6 is 0 Å². The Kier molecular flexibility index (Phi) is 8.31. The van der Waals surface area contributed by atoms with Gasteiger partial charge >= 0.3 is 0 Å². The highest BCUT2D eigenvalue weighted by atomic mass is 17.2. The van der Waals surface area contributed by atoms with Crippen molar-refractivity contribution in [1.82, 2.24) is 21.4 Å². The van der Waals surface area contributed by atoms with Crippen LogP contribution in [0, 0.1) is 5.92 Å². The van der Waals surface area contributed by atoms with Crippen molar-refractivity contribution < 1.29 is 34.0 Å². The Morgan fingerprint density at radius 2 is 1.35 bits per heavy atom. The lowest BCUT2D eigenvalue weighted by atomic mass is 9.82. The first kappa shape index (κ1) is 24.4. The van der Waals surface area contributed by atoms with E-state index in [1.807, 2.05) is 0 Å². The minimum absolute atomic E-state index is 0.0660. The lowest BCUT2D eigenvalue weighted by Crippen LogP contribution is -2.65. The van der Waals surface area contributed by atoms with Gasteiger partial charge in [0.05, 0.1) is 25.5 Å². The molecule has 2 aliphatic carbocycles. The number of carbonyl (C=O) groups is 2. The summed E-state index contributed by atoms with van der Waals surface area (Å²) in [5.41, 5.74) is 3.24. The second kappa shape index (κ2) is 11.6. The van der Waals surface area contributed by atoms with Gasteiger partial charge in [0.15, 0.2) is 12.2 Å². The Bertz CT molecular complexity index is 693. The van der Waals surface area contributed by atoms with Gasteiger partial charge in [-0.2, -0.15) is 5.48 Å². The molecule has 4 N–H and O–H groups in total. The van der Waals surface area contributed by atoms with Gasteiger partial charge in [-0.05, 0) is 76.5 Å². The van der Waals surface area contributed by atoms with Crippen molar-refractivity contribution in [3.8, 4) is 0 Å². The first-order valence-corrected chi connectivity index (χ1v) is 13.0. The summed E-state index contributed by atoms with van der Waals surface area (Å²) < 4.78 is 0. The van der Waals surface area contributed by atoms with Crippen molar-refractivity contribution in [2.24, 2.45) is 5.92 Å². The summed E-state index contributed by atoms with van der Waals surface area (Å²) in [5, 5.41) is 10.0. The molecular weight excluding hydrogens is 444 g/mol. The molecule has 11 nitrogen and oxygen atoms in total. The number of rotatable bonds is 5. The molecule has 0 bridgehead atoms. The van der Waals surface area contributed by atoms with Crippen LogP contribution in [0.15, 0.2) is 0 Å². The topological polar surface area (TPSA) is 128 Å². The molecule has 6 unspecified atom stereocenters. The number of hydroxylamine groups is 1. The van der Waals surface area contributed by atoms with Crippen molar-refractivity contribution >= 4 is 11.8 Å². The van der Waals surface area contributed by atoms with Crippen molar-refractivity contribution in [1.29, 1.82) is 0 Å². The molecular formula is C23H38N4O7. The van der Waals surface area contributed by atoms with Gasteiger partial charge in [0.2, 0.25) is 0 Å². The van der Waals surface area contributed by atoms with Gasteiger partial charge in [0.1, 0.15) is 0 Å². The molecule has 0 spiro atoms. The second-order valence-corrected chi connectivity index (χ2v) is 10.3. The molecule has 3 aliphatic heterocycles. The van der Waals surface area contributed by atoms with Gasteiger partial charge < -0.3 is 10.6 Å². The standard InChI is InChI=1S/C23H38N4O7/c28-22(19-3-1-11-30-33-19)24-15-7-5-14(6-8-15)21-26-17-13-16(9-10-18(17)32-27-21)25-23(29)20-4-2-12-31-34-20/h14-21,26-27H,1-13H2,(H,24,28)(H,25,29). The van der Waals surface area contributed by atoms with E-state index in [1.54, 1.807) is 0 Å². The molecule has 0 radical (unpaired) electrons. The highest BCUT2D eigenvalue weighted by molar-refractivity contribution is 5.81. The quantitative estimate of drug-likeness (QED) is 0.420. The maximum atomic E-state index is 12.5. The molecule has 3 saturated heterocycles. The summed E-state index contributed by atoms with van der Waals surface area (Å²) in [4.78, 5) is 51.2. The molecule has 6 atom stereocenters. The summed E-state index contributed by atoms with van der Waals surface area (Å²) in [7, 11) is 0. The van der Waals surface area contributed by atoms with E-state index in [-0.39, 0.29) is 42.2 Å². The van der Waals surface area contributed by atoms with E-state index < -0.39 is 12.2 Å². The predicted molar refractivity (Wildman–Crippen MR) is 119 cm³/mol. The van der Waals surface area contributed by atoms with Crippen LogP contribution in [0.25, 0.3) is 0 Å². The van der Waals surface area contributed by atoms with Gasteiger partial charge in [0, 0.05) is 18.1 Å². The number of nitrogens with one attached hydrogen (secondary N) is 4. The normalized spacial score (nSPS) is 41.2. The fraction of sp³-hybridized carbons (Fsp3) is 0.913. The maximum absolute atomic E-state index is 12.5. The molecule has 0 aromatic rings. The largest absolute Gasteiger partial charge is 0.351 e. The highest BCUT2D eigenvalue weighted by Gasteiger charge is 2.40. The molecule has 2 amide bonds. The molecule has 34 heavy (non-hydrogen) atoms. The van der Waals surface area contributed by atoms with E-state index in [1.165, 1.54) is 0 Å². The van der Waals surface area contributed by atoms with Crippen molar-refractivity contribution in [3.63, 3.8) is 0 Å². The first-order valence-electron chi connectivity index (χ1n) is 13.0. The summed E-state index contributed by atoms with van der Waals surface area (Å²) >= 11 is 0. The molecule has 2 saturated carbocycles. The number of amides is 2. The van der Waals surface area contributed by atoms with E-state index in [4.69, 9.17) is 24.4 Å². The summed E-state index contributed by atoms with van der Waals surface area (Å²) in [5.74, 6) is 0.273. The van der Waals surface area contributed by atoms with Crippen LogP contribution in [0.2, 0.25) is 0 Å². The summed E-state index contributed by atoms with van der Waals surface area (Å²) in [6.07, 6.45) is 8.72. The van der Waals surface area contributed by atoms with Crippen molar-refractivity contribution in [3.05, 3.63) is 0 Å². The molecule has 0 aromatic heterocycles. The fourth-order valence-electron chi connectivity index (χ4n) is 5.79. The second-order valence-electron chi connectivity index (χ2n) is 10.3. The maximum Gasteiger partial charge on any atom is 0.252 e. The molecule has 11 heteroatoms. The zero-order chi connectivity index (χ0) is 23.3. The molecule has 0 aromatic carbocycles. The number of hydrogen-bond acceptors (Lipinski definition) is 9. The lowest BCUT2D eigenvalue weighted by Gasteiger charge is -2.46. The first-order chi connectivity index (χ1) is 16.7. The number of fused-ring (bicyclic) bond motifs is 1. The monoisotopic (exact) mass is 482 g/mol. The highest BCUT2D eigenvalue weighted by Crippen LogP contribution is 2.31. The average Bonchev–Trinajstić information content (AvgIpc) is 2.89. The minimum atomic E-state index is -0.510.